The average Bonchev–Trinajstić information content (AvgIpc) is 2.01. The molecule has 0 rings (SSSR count). The van der Waals surface area contributed by atoms with Crippen molar-refractivity contribution in [2.45, 2.75) is 19.1 Å². The van der Waals surface area contributed by atoms with Crippen molar-refractivity contribution in [1.82, 2.24) is 0 Å². The Labute approximate surface area is 83.7 Å². The van der Waals surface area contributed by atoms with E-state index in [1.54, 1.807) is 0 Å². The van der Waals surface area contributed by atoms with Gasteiger partial charge in [-0.15, -0.1) is 0 Å². The Morgan fingerprint density at radius 1 is 1.15 bits per heavy atom. The van der Waals surface area contributed by atoms with Crippen LogP contribution in [0.1, 0.15) is 13.8 Å². The van der Waals surface area contributed by atoms with Crippen molar-refractivity contribution < 1.29 is 19.3 Å². The number of hydrogen-bond acceptors (Lipinski definition) is 4. The minimum Gasteiger partial charge on any atom is -0.379 e. The molecule has 0 saturated carbocycles. The fourth-order valence-electron chi connectivity index (χ4n) is 0.651. The summed E-state index contributed by atoms with van der Waals surface area (Å²) >= 11 is 5.35. The number of ether oxygens (including phenoxy) is 3. The van der Waals surface area contributed by atoms with Crippen molar-refractivity contribution >= 4 is 11.6 Å². The predicted octanol–water partition coefficient (Wildman–Crippen LogP) is 0.961. The van der Waals surface area contributed by atoms with Crippen LogP contribution in [-0.4, -0.2) is 43.4 Å². The summed E-state index contributed by atoms with van der Waals surface area (Å²) < 4.78 is 14.9. The third-order valence-electron chi connectivity index (χ3n) is 1.17. The standard InChI is InChI=1S/C8H17ClO4/c1-3-11-4-5-12-6-7-13-8(2,9)10/h10H,3-7H2,1-2H3. The van der Waals surface area contributed by atoms with Crippen molar-refractivity contribution in [2.75, 3.05) is 33.0 Å². The average molecular weight is 213 g/mol. The highest BCUT2D eigenvalue weighted by Gasteiger charge is 2.14. The van der Waals surface area contributed by atoms with Crippen LogP contribution in [0.25, 0.3) is 0 Å². The maximum atomic E-state index is 8.92. The van der Waals surface area contributed by atoms with Crippen LogP contribution in [0.2, 0.25) is 0 Å². The van der Waals surface area contributed by atoms with Gasteiger partial charge < -0.3 is 19.3 Å². The summed E-state index contributed by atoms with van der Waals surface area (Å²) in [7, 11) is 0. The highest BCUT2D eigenvalue weighted by molar-refractivity contribution is 6.21. The number of hydrogen-bond donors (Lipinski definition) is 1. The third-order valence-corrected chi connectivity index (χ3v) is 1.28. The van der Waals surface area contributed by atoms with E-state index >= 15 is 0 Å². The Hall–Kier alpha value is 0.130. The van der Waals surface area contributed by atoms with Crippen LogP contribution >= 0.6 is 11.6 Å². The zero-order valence-corrected chi connectivity index (χ0v) is 8.84. The topological polar surface area (TPSA) is 47.9 Å². The summed E-state index contributed by atoms with van der Waals surface area (Å²) in [6.45, 7) is 5.74. The van der Waals surface area contributed by atoms with Crippen LogP contribution < -0.4 is 0 Å². The summed E-state index contributed by atoms with van der Waals surface area (Å²) in [6, 6.07) is 0. The fourth-order valence-corrected chi connectivity index (χ4v) is 0.728. The Kier molecular flexibility index (Phi) is 7.60. The monoisotopic (exact) mass is 212 g/mol. The van der Waals surface area contributed by atoms with Gasteiger partial charge in [0.15, 0.2) is 0 Å². The van der Waals surface area contributed by atoms with Crippen molar-refractivity contribution in [1.29, 1.82) is 0 Å². The van der Waals surface area contributed by atoms with Crippen molar-refractivity contribution in [3.05, 3.63) is 0 Å². The summed E-state index contributed by atoms with van der Waals surface area (Å²) in [4.78, 5) is 0. The quantitative estimate of drug-likeness (QED) is 0.370. The molecule has 0 fully saturated rings. The lowest BCUT2D eigenvalue weighted by atomic mass is 10.7. The maximum absolute atomic E-state index is 8.92. The molecule has 1 atom stereocenters. The van der Waals surface area contributed by atoms with Gasteiger partial charge in [0.05, 0.1) is 26.4 Å². The second-order valence-corrected chi connectivity index (χ2v) is 3.23. The van der Waals surface area contributed by atoms with Gasteiger partial charge in [0, 0.05) is 13.5 Å². The molecular formula is C8H17ClO4. The molecule has 13 heavy (non-hydrogen) atoms. The predicted molar refractivity (Wildman–Crippen MR) is 49.7 cm³/mol. The van der Waals surface area contributed by atoms with Crippen LogP contribution in [0.3, 0.4) is 0 Å². The van der Waals surface area contributed by atoms with E-state index in [9.17, 15) is 0 Å². The first-order valence-electron chi connectivity index (χ1n) is 4.27. The van der Waals surface area contributed by atoms with Gasteiger partial charge in [-0.05, 0) is 6.92 Å². The second-order valence-electron chi connectivity index (χ2n) is 2.53. The molecular weight excluding hydrogens is 196 g/mol. The Balaban J connectivity index is 3.00. The Bertz CT molecular complexity index is 113. The molecule has 0 saturated heterocycles. The molecule has 0 bridgehead atoms. The highest BCUT2D eigenvalue weighted by Crippen LogP contribution is 2.09. The fraction of sp³-hybridized carbons (Fsp3) is 1.00. The van der Waals surface area contributed by atoms with Gasteiger partial charge in [0.2, 0.25) is 5.25 Å². The van der Waals surface area contributed by atoms with Gasteiger partial charge >= 0.3 is 0 Å². The molecule has 0 aromatic carbocycles. The van der Waals surface area contributed by atoms with Gasteiger partial charge in [-0.25, -0.2) is 0 Å². The normalized spacial score (nSPS) is 15.7. The van der Waals surface area contributed by atoms with E-state index in [1.807, 2.05) is 6.92 Å². The first kappa shape index (κ1) is 13.1. The molecule has 0 aliphatic carbocycles. The summed E-state index contributed by atoms with van der Waals surface area (Å²) in [5.74, 6) is 0. The first-order chi connectivity index (χ1) is 6.06. The van der Waals surface area contributed by atoms with E-state index in [1.165, 1.54) is 6.92 Å². The van der Waals surface area contributed by atoms with Crippen LogP contribution in [0.4, 0.5) is 0 Å². The number of alkyl halides is 1. The van der Waals surface area contributed by atoms with Gasteiger partial charge in [-0.2, -0.15) is 0 Å². The summed E-state index contributed by atoms with van der Waals surface area (Å²) in [6.07, 6.45) is 0. The van der Waals surface area contributed by atoms with Crippen LogP contribution in [-0.2, 0) is 14.2 Å². The van der Waals surface area contributed by atoms with Gasteiger partial charge in [0.1, 0.15) is 0 Å². The van der Waals surface area contributed by atoms with E-state index in [2.05, 4.69) is 0 Å². The molecule has 0 aliphatic rings. The lowest BCUT2D eigenvalue weighted by Gasteiger charge is -2.15. The zero-order valence-electron chi connectivity index (χ0n) is 8.09. The summed E-state index contributed by atoms with van der Waals surface area (Å²) in [5.41, 5.74) is 0. The van der Waals surface area contributed by atoms with E-state index in [-0.39, 0.29) is 6.61 Å². The molecule has 4 nitrogen and oxygen atoms in total. The molecule has 1 N–H and O–H groups in total. The summed E-state index contributed by atoms with van der Waals surface area (Å²) in [5, 5.41) is 7.33. The van der Waals surface area contributed by atoms with E-state index in [0.717, 1.165) is 0 Å². The number of rotatable bonds is 8. The van der Waals surface area contributed by atoms with Crippen LogP contribution in [0.5, 0.6) is 0 Å². The minimum absolute atomic E-state index is 0.266. The van der Waals surface area contributed by atoms with Gasteiger partial charge in [-0.3, -0.25) is 0 Å². The molecule has 0 radical (unpaired) electrons. The van der Waals surface area contributed by atoms with Gasteiger partial charge in [0.25, 0.3) is 0 Å². The zero-order chi connectivity index (χ0) is 10.2. The molecule has 1 unspecified atom stereocenters. The molecule has 0 aromatic rings. The maximum Gasteiger partial charge on any atom is 0.242 e. The van der Waals surface area contributed by atoms with E-state index < -0.39 is 5.25 Å². The SMILES string of the molecule is CCOCCOCCOC(C)(O)Cl. The van der Waals surface area contributed by atoms with Crippen LogP contribution in [0.15, 0.2) is 0 Å². The number of aliphatic hydroxyl groups is 1. The van der Waals surface area contributed by atoms with Crippen molar-refractivity contribution in [3.8, 4) is 0 Å². The smallest absolute Gasteiger partial charge is 0.242 e. The lowest BCUT2D eigenvalue weighted by Crippen LogP contribution is -2.22. The van der Waals surface area contributed by atoms with Gasteiger partial charge in [-0.1, -0.05) is 11.6 Å². The third kappa shape index (κ3) is 12.1. The molecule has 0 amide bonds. The second kappa shape index (κ2) is 7.53. The Morgan fingerprint density at radius 3 is 2.23 bits per heavy atom. The first-order valence-corrected chi connectivity index (χ1v) is 4.65. The lowest BCUT2D eigenvalue weighted by molar-refractivity contribution is -0.135. The molecule has 0 aliphatic heterocycles. The minimum atomic E-state index is -1.59. The van der Waals surface area contributed by atoms with Crippen LogP contribution in [0, 0.1) is 0 Å². The number of halogens is 1. The molecule has 0 spiro atoms. The Morgan fingerprint density at radius 2 is 1.69 bits per heavy atom. The largest absolute Gasteiger partial charge is 0.379 e. The molecule has 80 valence electrons. The molecule has 0 heterocycles. The van der Waals surface area contributed by atoms with E-state index in [4.69, 9.17) is 30.9 Å². The van der Waals surface area contributed by atoms with E-state index in [0.29, 0.717) is 26.4 Å². The molecule has 0 aromatic heterocycles. The molecule has 5 heteroatoms. The highest BCUT2D eigenvalue weighted by atomic mass is 35.5. The van der Waals surface area contributed by atoms with Crippen molar-refractivity contribution in [3.63, 3.8) is 0 Å². The van der Waals surface area contributed by atoms with Crippen molar-refractivity contribution in [2.24, 2.45) is 0 Å².